The van der Waals surface area contributed by atoms with Crippen LogP contribution in [-0.4, -0.2) is 18.2 Å². The molecule has 0 saturated carbocycles. The molecule has 18 heavy (non-hydrogen) atoms. The average Bonchev–Trinajstić information content (AvgIpc) is 2.41. The van der Waals surface area contributed by atoms with Crippen molar-refractivity contribution in [3.63, 3.8) is 0 Å². The molecule has 0 radical (unpaired) electrons. The molecular weight excluding hydrogens is 228 g/mol. The maximum absolute atomic E-state index is 11.7. The van der Waals surface area contributed by atoms with E-state index in [0.29, 0.717) is 12.3 Å². The molecule has 0 fully saturated rings. The minimum atomic E-state index is -1.10. The summed E-state index contributed by atoms with van der Waals surface area (Å²) in [4.78, 5) is 11.7. The summed E-state index contributed by atoms with van der Waals surface area (Å²) in [5.41, 5.74) is 0.916. The molecule has 1 aliphatic carbocycles. The first-order valence-electron chi connectivity index (χ1n) is 6.40. The van der Waals surface area contributed by atoms with Crippen LogP contribution in [0.15, 0.2) is 24.3 Å². The van der Waals surface area contributed by atoms with Gasteiger partial charge in [-0.1, -0.05) is 31.2 Å². The van der Waals surface area contributed by atoms with Gasteiger partial charge in [-0.15, -0.1) is 0 Å². The zero-order valence-corrected chi connectivity index (χ0v) is 11.1. The molecule has 2 rings (SSSR count). The Labute approximate surface area is 108 Å². The van der Waals surface area contributed by atoms with Gasteiger partial charge < -0.3 is 9.84 Å². The fourth-order valence-electron chi connectivity index (χ4n) is 2.87. The lowest BCUT2D eigenvalue weighted by atomic mass is 9.69. The van der Waals surface area contributed by atoms with Crippen molar-refractivity contribution in [2.45, 2.75) is 38.2 Å². The summed E-state index contributed by atoms with van der Waals surface area (Å²) in [6.45, 7) is 3.89. The van der Waals surface area contributed by atoms with E-state index in [1.807, 2.05) is 24.3 Å². The van der Waals surface area contributed by atoms with Gasteiger partial charge in [0.15, 0.2) is 0 Å². The monoisotopic (exact) mass is 248 g/mol. The molecule has 3 unspecified atom stereocenters. The lowest BCUT2D eigenvalue weighted by Gasteiger charge is -2.40. The van der Waals surface area contributed by atoms with Gasteiger partial charge in [-0.25, -0.2) is 0 Å². The highest BCUT2D eigenvalue weighted by Crippen LogP contribution is 2.45. The molecule has 98 valence electrons. The van der Waals surface area contributed by atoms with Crippen molar-refractivity contribution in [3.8, 4) is 0 Å². The van der Waals surface area contributed by atoms with E-state index in [2.05, 4.69) is 6.92 Å². The van der Waals surface area contributed by atoms with Crippen LogP contribution in [0.4, 0.5) is 0 Å². The molecule has 0 amide bonds. The molecule has 3 heteroatoms. The predicted molar refractivity (Wildman–Crippen MR) is 69.2 cm³/mol. The molecule has 0 heterocycles. The smallest absolute Gasteiger partial charge is 0.311 e. The number of esters is 1. The van der Waals surface area contributed by atoms with Gasteiger partial charge in [-0.2, -0.15) is 0 Å². The van der Waals surface area contributed by atoms with Crippen molar-refractivity contribution in [2.75, 3.05) is 7.11 Å². The van der Waals surface area contributed by atoms with Gasteiger partial charge in [0.25, 0.3) is 0 Å². The van der Waals surface area contributed by atoms with Crippen molar-refractivity contribution in [1.82, 2.24) is 0 Å². The summed E-state index contributed by atoms with van der Waals surface area (Å²) < 4.78 is 4.77. The molecule has 1 aliphatic rings. The molecule has 0 spiro atoms. The molecule has 3 atom stereocenters. The number of methoxy groups -OCH3 is 1. The number of rotatable bonds is 2. The Hall–Kier alpha value is -1.35. The molecule has 0 saturated heterocycles. The Balaban J connectivity index is 2.47. The normalized spacial score (nSPS) is 28.3. The third-order valence-corrected chi connectivity index (χ3v) is 4.19. The first-order chi connectivity index (χ1) is 8.50. The molecule has 1 aromatic rings. The maximum atomic E-state index is 11.7. The fraction of sp³-hybridized carbons (Fsp3) is 0.533. The molecule has 1 aromatic carbocycles. The molecule has 3 nitrogen and oxygen atoms in total. The number of hydrogen-bond acceptors (Lipinski definition) is 3. The van der Waals surface area contributed by atoms with Crippen LogP contribution in [0.3, 0.4) is 0 Å². The first-order valence-corrected chi connectivity index (χ1v) is 6.40. The van der Waals surface area contributed by atoms with Gasteiger partial charge in [0.1, 0.15) is 5.60 Å². The Bertz CT molecular complexity index is 455. The minimum absolute atomic E-state index is 0.359. The minimum Gasteiger partial charge on any atom is -0.469 e. The second-order valence-electron chi connectivity index (χ2n) is 5.20. The third kappa shape index (κ3) is 1.93. The van der Waals surface area contributed by atoms with E-state index in [9.17, 15) is 9.90 Å². The topological polar surface area (TPSA) is 46.5 Å². The molecule has 0 bridgehead atoms. The van der Waals surface area contributed by atoms with E-state index in [1.165, 1.54) is 7.11 Å². The van der Waals surface area contributed by atoms with E-state index in [-0.39, 0.29) is 5.97 Å². The van der Waals surface area contributed by atoms with E-state index in [4.69, 9.17) is 4.74 Å². The molecule has 0 aliphatic heterocycles. The van der Waals surface area contributed by atoms with Gasteiger partial charge in [-0.05, 0) is 36.8 Å². The summed E-state index contributed by atoms with van der Waals surface area (Å²) in [7, 11) is 1.36. The number of fused-ring (bicyclic) bond motifs is 1. The largest absolute Gasteiger partial charge is 0.469 e. The van der Waals surface area contributed by atoms with Gasteiger partial charge in [0.2, 0.25) is 0 Å². The maximum Gasteiger partial charge on any atom is 0.311 e. The summed E-state index contributed by atoms with van der Waals surface area (Å²) in [6.07, 6.45) is 1.48. The highest BCUT2D eigenvalue weighted by Gasteiger charge is 2.44. The fourth-order valence-corrected chi connectivity index (χ4v) is 2.87. The average molecular weight is 248 g/mol. The number of hydrogen-bond donors (Lipinski definition) is 1. The third-order valence-electron chi connectivity index (χ3n) is 4.19. The molecule has 0 aromatic heterocycles. The number of ether oxygens (including phenoxy) is 1. The molecule has 1 N–H and O–H groups in total. The van der Waals surface area contributed by atoms with Crippen LogP contribution >= 0.6 is 0 Å². The van der Waals surface area contributed by atoms with Gasteiger partial charge in [-0.3, -0.25) is 4.79 Å². The Morgan fingerprint density at radius 1 is 1.50 bits per heavy atom. The zero-order chi connectivity index (χ0) is 13.3. The summed E-state index contributed by atoms with van der Waals surface area (Å²) >= 11 is 0. The van der Waals surface area contributed by atoms with Crippen LogP contribution in [-0.2, 0) is 15.1 Å². The SMILES string of the molecule is COC(=O)C(C)C1(O)CCC(C)c2ccccc21. The van der Waals surface area contributed by atoms with E-state index in [0.717, 1.165) is 17.5 Å². The van der Waals surface area contributed by atoms with E-state index >= 15 is 0 Å². The highest BCUT2D eigenvalue weighted by molar-refractivity contribution is 5.74. The summed E-state index contributed by atoms with van der Waals surface area (Å²) in [6, 6.07) is 7.84. The quantitative estimate of drug-likeness (QED) is 0.818. The van der Waals surface area contributed by atoms with E-state index < -0.39 is 11.5 Å². The van der Waals surface area contributed by atoms with Gasteiger partial charge in [0, 0.05) is 0 Å². The number of carbonyl (C=O) groups excluding carboxylic acids is 1. The van der Waals surface area contributed by atoms with Crippen molar-refractivity contribution < 1.29 is 14.6 Å². The lowest BCUT2D eigenvalue weighted by molar-refractivity contribution is -0.156. The lowest BCUT2D eigenvalue weighted by Crippen LogP contribution is -2.42. The Morgan fingerprint density at radius 3 is 2.83 bits per heavy atom. The van der Waals surface area contributed by atoms with Crippen LogP contribution in [0.25, 0.3) is 0 Å². The van der Waals surface area contributed by atoms with Gasteiger partial charge in [0.05, 0.1) is 13.0 Å². The summed E-state index contributed by atoms with van der Waals surface area (Å²) in [5, 5.41) is 10.9. The van der Waals surface area contributed by atoms with Crippen LogP contribution in [0, 0.1) is 5.92 Å². The van der Waals surface area contributed by atoms with Crippen molar-refractivity contribution in [1.29, 1.82) is 0 Å². The molecular formula is C15H20O3. The Morgan fingerprint density at radius 2 is 2.17 bits per heavy atom. The Kier molecular flexibility index (Phi) is 3.44. The zero-order valence-electron chi connectivity index (χ0n) is 11.1. The second kappa shape index (κ2) is 4.73. The van der Waals surface area contributed by atoms with E-state index in [1.54, 1.807) is 6.92 Å². The first kappa shape index (κ1) is 13.1. The van der Waals surface area contributed by atoms with Crippen LogP contribution < -0.4 is 0 Å². The van der Waals surface area contributed by atoms with Crippen LogP contribution in [0.1, 0.15) is 43.7 Å². The number of benzene rings is 1. The van der Waals surface area contributed by atoms with Gasteiger partial charge >= 0.3 is 5.97 Å². The van der Waals surface area contributed by atoms with Crippen molar-refractivity contribution in [2.24, 2.45) is 5.92 Å². The van der Waals surface area contributed by atoms with Crippen molar-refractivity contribution in [3.05, 3.63) is 35.4 Å². The highest BCUT2D eigenvalue weighted by atomic mass is 16.5. The van der Waals surface area contributed by atoms with Crippen LogP contribution in [0.2, 0.25) is 0 Å². The van der Waals surface area contributed by atoms with Crippen molar-refractivity contribution >= 4 is 5.97 Å². The number of aliphatic hydroxyl groups is 1. The standard InChI is InChI=1S/C15H20O3/c1-10-8-9-15(17,11(2)14(16)18-3)13-7-5-4-6-12(10)13/h4-7,10-11,17H,8-9H2,1-3H3. The second-order valence-corrected chi connectivity index (χ2v) is 5.20. The summed E-state index contributed by atoms with van der Waals surface area (Å²) in [5.74, 6) is -0.482. The number of carbonyl (C=O) groups is 1. The predicted octanol–water partition coefficient (Wildman–Crippen LogP) is 2.58. The van der Waals surface area contributed by atoms with Crippen LogP contribution in [0.5, 0.6) is 0 Å².